The average molecular weight is 348 g/mol. The van der Waals surface area contributed by atoms with E-state index < -0.39 is 12.3 Å². The molecule has 0 amide bonds. The number of alkyl halides is 1. The number of aliphatic hydroxyl groups excluding tert-OH is 1. The van der Waals surface area contributed by atoms with Gasteiger partial charge in [0.25, 0.3) is 0 Å². The van der Waals surface area contributed by atoms with E-state index in [1.165, 1.54) is 18.1 Å². The standard InChI is InChI=1S/C21H29FO3/c1-12(23)25-19-18(22)11-17-15-5-4-13-10-14(24)6-8-20(13,2)16(15)7-9-21(17,19)3/h4-5,14,16-19,24H,6-11H2,1-3H3/t14-,16-,17-,18+,19-,20-,21-/m0/s1. The molecule has 3 fully saturated rings. The molecule has 0 radical (unpaired) electrons. The first-order chi connectivity index (χ1) is 11.8. The van der Waals surface area contributed by atoms with Gasteiger partial charge in [0, 0.05) is 12.3 Å². The number of ether oxygens (including phenoxy) is 1. The summed E-state index contributed by atoms with van der Waals surface area (Å²) in [4.78, 5) is 11.5. The summed E-state index contributed by atoms with van der Waals surface area (Å²) < 4.78 is 20.2. The summed E-state index contributed by atoms with van der Waals surface area (Å²) in [5.41, 5.74) is 2.50. The highest BCUT2D eigenvalue weighted by Crippen LogP contribution is 2.64. The van der Waals surface area contributed by atoms with Crippen molar-refractivity contribution in [1.29, 1.82) is 0 Å². The largest absolute Gasteiger partial charge is 0.459 e. The molecule has 25 heavy (non-hydrogen) atoms. The van der Waals surface area contributed by atoms with E-state index in [-0.39, 0.29) is 28.8 Å². The maximum absolute atomic E-state index is 14.8. The molecule has 3 saturated carbocycles. The van der Waals surface area contributed by atoms with Crippen molar-refractivity contribution in [3.05, 3.63) is 23.3 Å². The molecule has 0 unspecified atom stereocenters. The first kappa shape index (κ1) is 17.3. The van der Waals surface area contributed by atoms with Gasteiger partial charge in [0.1, 0.15) is 12.3 Å². The molecule has 0 aromatic carbocycles. The van der Waals surface area contributed by atoms with Crippen LogP contribution in [0.1, 0.15) is 59.3 Å². The molecule has 0 heterocycles. The van der Waals surface area contributed by atoms with Crippen molar-refractivity contribution in [2.45, 2.75) is 77.7 Å². The predicted octanol–water partition coefficient (Wildman–Crippen LogP) is 4.11. The van der Waals surface area contributed by atoms with Gasteiger partial charge in [-0.2, -0.15) is 0 Å². The molecule has 7 atom stereocenters. The molecule has 0 aliphatic heterocycles. The number of carbonyl (C=O) groups is 1. The highest BCUT2D eigenvalue weighted by molar-refractivity contribution is 5.66. The lowest BCUT2D eigenvalue weighted by molar-refractivity contribution is -0.157. The van der Waals surface area contributed by atoms with E-state index in [1.807, 2.05) is 0 Å². The average Bonchev–Trinajstić information content (AvgIpc) is 2.79. The second-order valence-electron chi connectivity index (χ2n) is 9.10. The number of halogens is 1. The number of esters is 1. The Morgan fingerprint density at radius 3 is 2.72 bits per heavy atom. The van der Waals surface area contributed by atoms with Gasteiger partial charge in [-0.05, 0) is 55.8 Å². The minimum absolute atomic E-state index is 0.0932. The van der Waals surface area contributed by atoms with Crippen molar-refractivity contribution in [2.24, 2.45) is 22.7 Å². The van der Waals surface area contributed by atoms with E-state index in [1.54, 1.807) is 0 Å². The Morgan fingerprint density at radius 2 is 2.00 bits per heavy atom. The van der Waals surface area contributed by atoms with Crippen LogP contribution in [-0.2, 0) is 9.53 Å². The van der Waals surface area contributed by atoms with Gasteiger partial charge in [-0.25, -0.2) is 4.39 Å². The predicted molar refractivity (Wildman–Crippen MR) is 93.5 cm³/mol. The molecule has 0 saturated heterocycles. The normalized spacial score (nSPS) is 48.6. The number of hydrogen-bond donors (Lipinski definition) is 1. The molecule has 0 bridgehead atoms. The van der Waals surface area contributed by atoms with Gasteiger partial charge in [-0.1, -0.05) is 37.1 Å². The number of allylic oxidation sites excluding steroid dienone is 3. The Kier molecular flexibility index (Phi) is 3.91. The van der Waals surface area contributed by atoms with Gasteiger partial charge in [-0.15, -0.1) is 0 Å². The summed E-state index contributed by atoms with van der Waals surface area (Å²) in [7, 11) is 0. The lowest BCUT2D eigenvalue weighted by Crippen LogP contribution is -2.48. The number of hydrogen-bond acceptors (Lipinski definition) is 3. The van der Waals surface area contributed by atoms with Crippen LogP contribution < -0.4 is 0 Å². The molecular formula is C21H29FO3. The molecule has 4 heteroatoms. The van der Waals surface area contributed by atoms with Gasteiger partial charge in [-0.3, -0.25) is 4.79 Å². The SMILES string of the molecule is CC(=O)O[C@H]1[C@H](F)C[C@H]2C3=CC=C4C[C@@H](O)CC[C@]4(C)[C@H]3CC[C@@]21C. The number of aliphatic hydroxyl groups is 1. The van der Waals surface area contributed by atoms with E-state index in [0.717, 1.165) is 32.1 Å². The van der Waals surface area contributed by atoms with Crippen LogP contribution in [0.2, 0.25) is 0 Å². The molecule has 1 N–H and O–H groups in total. The quantitative estimate of drug-likeness (QED) is 0.726. The lowest BCUT2D eigenvalue weighted by atomic mass is 9.51. The molecule has 4 aliphatic carbocycles. The summed E-state index contributed by atoms with van der Waals surface area (Å²) in [6.45, 7) is 5.81. The van der Waals surface area contributed by atoms with Crippen molar-refractivity contribution < 1.29 is 19.0 Å². The second-order valence-corrected chi connectivity index (χ2v) is 9.10. The fourth-order valence-corrected chi connectivity index (χ4v) is 6.30. The van der Waals surface area contributed by atoms with Crippen LogP contribution in [-0.4, -0.2) is 29.5 Å². The van der Waals surface area contributed by atoms with Crippen molar-refractivity contribution in [2.75, 3.05) is 0 Å². The molecule has 0 spiro atoms. The maximum atomic E-state index is 14.8. The topological polar surface area (TPSA) is 46.5 Å². The van der Waals surface area contributed by atoms with Crippen LogP contribution in [0.25, 0.3) is 0 Å². The minimum Gasteiger partial charge on any atom is -0.459 e. The third-order valence-electron chi connectivity index (χ3n) is 7.74. The number of rotatable bonds is 1. The zero-order valence-corrected chi connectivity index (χ0v) is 15.4. The van der Waals surface area contributed by atoms with E-state index in [4.69, 9.17) is 4.74 Å². The highest BCUT2D eigenvalue weighted by Gasteiger charge is 2.60. The van der Waals surface area contributed by atoms with Crippen molar-refractivity contribution in [3.8, 4) is 0 Å². The monoisotopic (exact) mass is 348 g/mol. The Hall–Kier alpha value is -1.16. The van der Waals surface area contributed by atoms with Gasteiger partial charge >= 0.3 is 5.97 Å². The van der Waals surface area contributed by atoms with E-state index >= 15 is 0 Å². The zero-order chi connectivity index (χ0) is 18.0. The highest BCUT2D eigenvalue weighted by atomic mass is 19.1. The van der Waals surface area contributed by atoms with Crippen molar-refractivity contribution >= 4 is 5.97 Å². The van der Waals surface area contributed by atoms with E-state index in [0.29, 0.717) is 12.3 Å². The first-order valence-corrected chi connectivity index (χ1v) is 9.66. The summed E-state index contributed by atoms with van der Waals surface area (Å²) in [6.07, 6.45) is 7.43. The second kappa shape index (κ2) is 5.67. The van der Waals surface area contributed by atoms with Crippen LogP contribution >= 0.6 is 0 Å². The third-order valence-corrected chi connectivity index (χ3v) is 7.74. The fourth-order valence-electron chi connectivity index (χ4n) is 6.30. The molecule has 0 aromatic heterocycles. The maximum Gasteiger partial charge on any atom is 0.303 e. The zero-order valence-electron chi connectivity index (χ0n) is 15.4. The Balaban J connectivity index is 1.70. The summed E-state index contributed by atoms with van der Waals surface area (Å²) in [6, 6.07) is 0. The van der Waals surface area contributed by atoms with Gasteiger partial charge in [0.15, 0.2) is 0 Å². The fraction of sp³-hybridized carbons (Fsp3) is 0.762. The van der Waals surface area contributed by atoms with Crippen LogP contribution in [0.5, 0.6) is 0 Å². The number of fused-ring (bicyclic) bond motifs is 5. The summed E-state index contributed by atoms with van der Waals surface area (Å²) >= 11 is 0. The molecule has 138 valence electrons. The van der Waals surface area contributed by atoms with Crippen LogP contribution in [0.4, 0.5) is 4.39 Å². The molecule has 4 aliphatic rings. The Morgan fingerprint density at radius 1 is 1.24 bits per heavy atom. The van der Waals surface area contributed by atoms with Crippen molar-refractivity contribution in [3.63, 3.8) is 0 Å². The summed E-state index contributed by atoms with van der Waals surface area (Å²) in [5.74, 6) is 0.193. The van der Waals surface area contributed by atoms with Gasteiger partial charge < -0.3 is 9.84 Å². The number of carbonyl (C=O) groups excluding carboxylic acids is 1. The minimum atomic E-state index is -1.08. The first-order valence-electron chi connectivity index (χ1n) is 9.66. The van der Waals surface area contributed by atoms with Crippen LogP contribution in [0, 0.1) is 22.7 Å². The Bertz CT molecular complexity index is 654. The smallest absolute Gasteiger partial charge is 0.303 e. The van der Waals surface area contributed by atoms with Crippen LogP contribution in [0.15, 0.2) is 23.3 Å². The molecule has 0 aromatic rings. The van der Waals surface area contributed by atoms with Gasteiger partial charge in [0.2, 0.25) is 0 Å². The lowest BCUT2D eigenvalue weighted by Gasteiger charge is -2.54. The summed E-state index contributed by atoms with van der Waals surface area (Å²) in [5, 5.41) is 10.0. The van der Waals surface area contributed by atoms with E-state index in [2.05, 4.69) is 26.0 Å². The van der Waals surface area contributed by atoms with Crippen molar-refractivity contribution in [1.82, 2.24) is 0 Å². The molecule has 3 nitrogen and oxygen atoms in total. The molecular weight excluding hydrogens is 319 g/mol. The van der Waals surface area contributed by atoms with Gasteiger partial charge in [0.05, 0.1) is 6.10 Å². The molecule has 4 rings (SSSR count). The van der Waals surface area contributed by atoms with Crippen LogP contribution in [0.3, 0.4) is 0 Å². The third kappa shape index (κ3) is 2.43. The van der Waals surface area contributed by atoms with E-state index in [9.17, 15) is 14.3 Å². The Labute approximate surface area is 149 Å².